The Bertz CT molecular complexity index is 634. The number of fused-ring (bicyclic) bond motifs is 3. The highest BCUT2D eigenvalue weighted by molar-refractivity contribution is 9.09. The summed E-state index contributed by atoms with van der Waals surface area (Å²) in [6, 6.07) is 14.1. The van der Waals surface area contributed by atoms with Gasteiger partial charge in [0.1, 0.15) is 4.83 Å². The number of benzene rings is 2. The van der Waals surface area contributed by atoms with E-state index in [1.165, 1.54) is 11.1 Å². The maximum Gasteiger partial charge on any atom is 0.321 e. The molecule has 18 heavy (non-hydrogen) atoms. The Kier molecular flexibility index (Phi) is 2.71. The molecule has 0 aliphatic heterocycles. The van der Waals surface area contributed by atoms with Gasteiger partial charge < -0.3 is 5.11 Å². The zero-order valence-corrected chi connectivity index (χ0v) is 11.1. The minimum atomic E-state index is -0.848. The standard InChI is InChI=1S/C15H11BrO2/c16-14(15(17)18)12-7-3-6-11-10-5-2-1-4-9(10)8-13(11)12/h1-7,14H,8H2,(H,17,18). The van der Waals surface area contributed by atoms with E-state index < -0.39 is 10.8 Å². The molecule has 3 rings (SSSR count). The second-order valence-corrected chi connectivity index (χ2v) is 5.32. The molecule has 0 spiro atoms. The smallest absolute Gasteiger partial charge is 0.321 e. The monoisotopic (exact) mass is 302 g/mol. The fourth-order valence-electron chi connectivity index (χ4n) is 2.55. The van der Waals surface area contributed by atoms with Gasteiger partial charge in [-0.15, -0.1) is 0 Å². The van der Waals surface area contributed by atoms with Crippen LogP contribution >= 0.6 is 15.9 Å². The molecule has 1 unspecified atom stereocenters. The molecule has 0 radical (unpaired) electrons. The number of carboxylic acid groups (broad SMARTS) is 1. The van der Waals surface area contributed by atoms with Gasteiger partial charge in [-0.05, 0) is 34.2 Å². The van der Waals surface area contributed by atoms with Crippen molar-refractivity contribution in [1.82, 2.24) is 0 Å². The third-order valence-electron chi connectivity index (χ3n) is 3.38. The Labute approximate surface area is 113 Å². The molecule has 0 saturated carbocycles. The van der Waals surface area contributed by atoms with Crippen molar-refractivity contribution in [3.63, 3.8) is 0 Å². The molecular weight excluding hydrogens is 292 g/mol. The summed E-state index contributed by atoms with van der Waals surface area (Å²) >= 11 is 3.25. The molecule has 0 fully saturated rings. The van der Waals surface area contributed by atoms with Gasteiger partial charge in [0.05, 0.1) is 0 Å². The lowest BCUT2D eigenvalue weighted by atomic mass is 9.99. The van der Waals surface area contributed by atoms with Gasteiger partial charge in [-0.3, -0.25) is 4.79 Å². The number of alkyl halides is 1. The first-order valence-corrected chi connectivity index (χ1v) is 6.67. The van der Waals surface area contributed by atoms with Gasteiger partial charge in [-0.1, -0.05) is 58.4 Å². The second kappa shape index (κ2) is 4.25. The van der Waals surface area contributed by atoms with Crippen LogP contribution in [0.15, 0.2) is 42.5 Å². The van der Waals surface area contributed by atoms with Crippen LogP contribution in [0.25, 0.3) is 11.1 Å². The van der Waals surface area contributed by atoms with Crippen molar-refractivity contribution in [1.29, 1.82) is 0 Å². The van der Waals surface area contributed by atoms with E-state index in [1.807, 2.05) is 24.3 Å². The highest BCUT2D eigenvalue weighted by atomic mass is 79.9. The molecule has 0 bridgehead atoms. The molecule has 0 amide bonds. The van der Waals surface area contributed by atoms with Crippen LogP contribution in [0.3, 0.4) is 0 Å². The topological polar surface area (TPSA) is 37.3 Å². The summed E-state index contributed by atoms with van der Waals surface area (Å²) < 4.78 is 0. The fourth-order valence-corrected chi connectivity index (χ4v) is 2.98. The van der Waals surface area contributed by atoms with E-state index >= 15 is 0 Å². The van der Waals surface area contributed by atoms with E-state index in [0.29, 0.717) is 0 Å². The highest BCUT2D eigenvalue weighted by Gasteiger charge is 2.25. The third-order valence-corrected chi connectivity index (χ3v) is 4.26. The highest BCUT2D eigenvalue weighted by Crippen LogP contribution is 2.41. The summed E-state index contributed by atoms with van der Waals surface area (Å²) in [5.41, 5.74) is 5.64. The Morgan fingerprint density at radius 1 is 1.11 bits per heavy atom. The average molecular weight is 303 g/mol. The molecule has 0 aromatic heterocycles. The van der Waals surface area contributed by atoms with Gasteiger partial charge in [0.25, 0.3) is 0 Å². The summed E-state index contributed by atoms with van der Waals surface area (Å²) in [7, 11) is 0. The third kappa shape index (κ3) is 1.66. The van der Waals surface area contributed by atoms with E-state index in [1.54, 1.807) is 0 Å². The summed E-state index contributed by atoms with van der Waals surface area (Å²) in [5, 5.41) is 9.14. The van der Waals surface area contributed by atoms with Crippen LogP contribution in [0.2, 0.25) is 0 Å². The molecule has 90 valence electrons. The molecule has 2 aromatic rings. The summed E-state index contributed by atoms with van der Waals surface area (Å²) in [5.74, 6) is -0.848. The Hall–Kier alpha value is -1.61. The van der Waals surface area contributed by atoms with Crippen molar-refractivity contribution in [2.45, 2.75) is 11.2 Å². The van der Waals surface area contributed by atoms with Crippen LogP contribution < -0.4 is 0 Å². The average Bonchev–Trinajstić information content (AvgIpc) is 2.76. The maximum absolute atomic E-state index is 11.1. The summed E-state index contributed by atoms with van der Waals surface area (Å²) in [4.78, 5) is 10.5. The number of carbonyl (C=O) groups is 1. The van der Waals surface area contributed by atoms with Crippen LogP contribution in [0, 0.1) is 0 Å². The molecule has 2 aromatic carbocycles. The number of rotatable bonds is 2. The lowest BCUT2D eigenvalue weighted by molar-refractivity contribution is -0.136. The Morgan fingerprint density at radius 2 is 1.83 bits per heavy atom. The quantitative estimate of drug-likeness (QED) is 0.732. The van der Waals surface area contributed by atoms with Crippen molar-refractivity contribution >= 4 is 21.9 Å². The first-order chi connectivity index (χ1) is 8.68. The summed E-state index contributed by atoms with van der Waals surface area (Å²) in [6.45, 7) is 0. The SMILES string of the molecule is O=C(O)C(Br)c1cccc2c1Cc1ccccc1-2. The van der Waals surface area contributed by atoms with Crippen molar-refractivity contribution in [3.05, 3.63) is 59.2 Å². The van der Waals surface area contributed by atoms with E-state index in [9.17, 15) is 4.79 Å². The number of hydrogen-bond acceptors (Lipinski definition) is 1. The molecule has 1 aliphatic rings. The number of halogens is 1. The lowest BCUT2D eigenvalue weighted by Crippen LogP contribution is -2.07. The zero-order valence-electron chi connectivity index (χ0n) is 9.56. The first kappa shape index (κ1) is 11.5. The van der Waals surface area contributed by atoms with Gasteiger partial charge in [-0.2, -0.15) is 0 Å². The normalized spacial score (nSPS) is 13.8. The van der Waals surface area contributed by atoms with E-state index in [4.69, 9.17) is 5.11 Å². The summed E-state index contributed by atoms with van der Waals surface area (Å²) in [6.07, 6.45) is 0.817. The molecule has 1 atom stereocenters. The first-order valence-electron chi connectivity index (χ1n) is 5.75. The Morgan fingerprint density at radius 3 is 2.61 bits per heavy atom. The lowest BCUT2D eigenvalue weighted by Gasteiger charge is -2.10. The van der Waals surface area contributed by atoms with Crippen LogP contribution in [-0.2, 0) is 11.2 Å². The van der Waals surface area contributed by atoms with E-state index in [2.05, 4.69) is 34.1 Å². The molecule has 1 N–H and O–H groups in total. The Balaban J connectivity index is 2.17. The van der Waals surface area contributed by atoms with Crippen LogP contribution in [0.1, 0.15) is 21.5 Å². The molecule has 0 heterocycles. The number of aliphatic carboxylic acids is 1. The largest absolute Gasteiger partial charge is 0.480 e. The van der Waals surface area contributed by atoms with E-state index in [-0.39, 0.29) is 0 Å². The molecule has 3 heteroatoms. The van der Waals surface area contributed by atoms with Crippen LogP contribution in [-0.4, -0.2) is 11.1 Å². The minimum Gasteiger partial charge on any atom is -0.480 e. The van der Waals surface area contributed by atoms with Gasteiger partial charge in [0, 0.05) is 0 Å². The second-order valence-electron chi connectivity index (χ2n) is 4.41. The van der Waals surface area contributed by atoms with Crippen LogP contribution in [0.5, 0.6) is 0 Å². The van der Waals surface area contributed by atoms with Gasteiger partial charge in [0.2, 0.25) is 0 Å². The minimum absolute atomic E-state index is 0.637. The molecular formula is C15H11BrO2. The van der Waals surface area contributed by atoms with Crippen molar-refractivity contribution in [2.24, 2.45) is 0 Å². The predicted octanol–water partition coefficient (Wildman–Crippen LogP) is 3.78. The van der Waals surface area contributed by atoms with E-state index in [0.717, 1.165) is 23.1 Å². The van der Waals surface area contributed by atoms with Crippen molar-refractivity contribution < 1.29 is 9.90 Å². The molecule has 0 saturated heterocycles. The van der Waals surface area contributed by atoms with Crippen molar-refractivity contribution in [2.75, 3.05) is 0 Å². The van der Waals surface area contributed by atoms with Crippen molar-refractivity contribution in [3.8, 4) is 11.1 Å². The van der Waals surface area contributed by atoms with Gasteiger partial charge in [0.15, 0.2) is 0 Å². The van der Waals surface area contributed by atoms with Gasteiger partial charge >= 0.3 is 5.97 Å². The molecule has 1 aliphatic carbocycles. The fraction of sp³-hybridized carbons (Fsp3) is 0.133. The zero-order chi connectivity index (χ0) is 12.7. The van der Waals surface area contributed by atoms with Crippen LogP contribution in [0.4, 0.5) is 0 Å². The molecule has 2 nitrogen and oxygen atoms in total. The number of hydrogen-bond donors (Lipinski definition) is 1. The van der Waals surface area contributed by atoms with Gasteiger partial charge in [-0.25, -0.2) is 0 Å². The predicted molar refractivity (Wildman–Crippen MR) is 74.0 cm³/mol. The number of carboxylic acids is 1. The maximum atomic E-state index is 11.1.